The molecular weight excluding hydrogens is 319 g/mol. The largest absolute Gasteiger partial charge is 0.384 e. The fraction of sp³-hybridized carbons (Fsp3) is 0.462. The molecule has 0 bridgehead atoms. The van der Waals surface area contributed by atoms with Gasteiger partial charge in [-0.2, -0.15) is 0 Å². The Morgan fingerprint density at radius 3 is 2.81 bits per heavy atom. The van der Waals surface area contributed by atoms with Crippen molar-refractivity contribution in [3.8, 4) is 0 Å². The number of hydrogen-bond donors (Lipinski definition) is 2. The van der Waals surface area contributed by atoms with E-state index in [1.165, 1.54) is 18.2 Å². The van der Waals surface area contributed by atoms with Gasteiger partial charge in [0.1, 0.15) is 5.82 Å². The van der Waals surface area contributed by atoms with Crippen LogP contribution in [-0.4, -0.2) is 38.4 Å². The highest BCUT2D eigenvalue weighted by atomic mass is 35.5. The molecule has 0 spiro atoms. The van der Waals surface area contributed by atoms with Gasteiger partial charge >= 0.3 is 0 Å². The second-order valence-electron chi connectivity index (χ2n) is 4.97. The molecule has 2 N–H and O–H groups in total. The average Bonchev–Trinajstić information content (AvgIpc) is 2.73. The lowest BCUT2D eigenvalue weighted by Crippen LogP contribution is -2.36. The molecule has 2 rings (SSSR count). The van der Waals surface area contributed by atoms with E-state index in [1.54, 1.807) is 0 Å². The van der Waals surface area contributed by atoms with Crippen LogP contribution in [0, 0.1) is 5.82 Å². The van der Waals surface area contributed by atoms with Crippen LogP contribution < -0.4 is 10.6 Å². The third-order valence-corrected chi connectivity index (χ3v) is 5.26. The lowest BCUT2D eigenvalue weighted by Gasteiger charge is -2.11. The number of rotatable bonds is 5. The molecule has 116 valence electrons. The lowest BCUT2D eigenvalue weighted by molar-refractivity contribution is -0.121. The Kier molecular flexibility index (Phi) is 5.05. The molecule has 0 radical (unpaired) electrons. The first kappa shape index (κ1) is 16.0. The summed E-state index contributed by atoms with van der Waals surface area (Å²) in [5.74, 6) is -0.565. The van der Waals surface area contributed by atoms with Crippen LogP contribution in [-0.2, 0) is 14.6 Å². The predicted octanol–water partition coefficient (Wildman–Crippen LogP) is 1.58. The molecule has 1 amide bonds. The summed E-state index contributed by atoms with van der Waals surface area (Å²) in [6, 6.07) is 3.93. The van der Waals surface area contributed by atoms with E-state index in [9.17, 15) is 17.6 Å². The molecule has 1 aliphatic rings. The summed E-state index contributed by atoms with van der Waals surface area (Å²) < 4.78 is 35.5. The van der Waals surface area contributed by atoms with Gasteiger partial charge < -0.3 is 10.6 Å². The van der Waals surface area contributed by atoms with Gasteiger partial charge in [-0.15, -0.1) is 0 Å². The van der Waals surface area contributed by atoms with Crippen molar-refractivity contribution in [1.29, 1.82) is 0 Å². The van der Waals surface area contributed by atoms with Crippen LogP contribution >= 0.6 is 11.6 Å². The van der Waals surface area contributed by atoms with Gasteiger partial charge in [-0.3, -0.25) is 4.79 Å². The first-order valence-corrected chi connectivity index (χ1v) is 8.74. The minimum absolute atomic E-state index is 0.0136. The van der Waals surface area contributed by atoms with Gasteiger partial charge in [0, 0.05) is 24.7 Å². The molecule has 0 aromatic heterocycles. The average molecular weight is 335 g/mol. The van der Waals surface area contributed by atoms with Crippen molar-refractivity contribution in [1.82, 2.24) is 5.32 Å². The number of hydrogen-bond acceptors (Lipinski definition) is 4. The highest BCUT2D eigenvalue weighted by Crippen LogP contribution is 2.19. The van der Waals surface area contributed by atoms with Gasteiger partial charge in [0.05, 0.1) is 16.5 Å². The summed E-state index contributed by atoms with van der Waals surface area (Å²) in [6.45, 7) is 0.354. The maximum atomic E-state index is 13.0. The summed E-state index contributed by atoms with van der Waals surface area (Å²) in [5.41, 5.74) is 0.623. The van der Waals surface area contributed by atoms with Crippen molar-refractivity contribution in [3.05, 3.63) is 29.0 Å². The maximum absolute atomic E-state index is 13.0. The number of anilines is 1. The Morgan fingerprint density at radius 2 is 2.19 bits per heavy atom. The van der Waals surface area contributed by atoms with Crippen LogP contribution in [0.4, 0.5) is 10.1 Å². The SMILES string of the molecule is O=C(CCNc1ccc(F)c(Cl)c1)NC1CCS(=O)(=O)C1. The molecule has 1 fully saturated rings. The van der Waals surface area contributed by atoms with Crippen molar-refractivity contribution in [2.45, 2.75) is 18.9 Å². The van der Waals surface area contributed by atoms with Crippen molar-refractivity contribution in [2.24, 2.45) is 0 Å². The van der Waals surface area contributed by atoms with Gasteiger partial charge in [0.15, 0.2) is 9.84 Å². The Labute approximate surface area is 127 Å². The van der Waals surface area contributed by atoms with Crippen LogP contribution in [0.3, 0.4) is 0 Å². The molecule has 1 aromatic carbocycles. The number of nitrogens with one attached hydrogen (secondary N) is 2. The molecule has 1 heterocycles. The number of carbonyl (C=O) groups is 1. The fourth-order valence-electron chi connectivity index (χ4n) is 2.14. The summed E-state index contributed by atoms with van der Waals surface area (Å²) in [4.78, 5) is 11.7. The molecule has 0 saturated carbocycles. The minimum Gasteiger partial charge on any atom is -0.384 e. The van der Waals surface area contributed by atoms with Crippen molar-refractivity contribution >= 4 is 33.0 Å². The Morgan fingerprint density at radius 1 is 1.43 bits per heavy atom. The number of benzene rings is 1. The Bertz CT molecular complexity index is 636. The second kappa shape index (κ2) is 6.62. The van der Waals surface area contributed by atoms with E-state index < -0.39 is 15.7 Å². The van der Waals surface area contributed by atoms with E-state index in [-0.39, 0.29) is 34.9 Å². The summed E-state index contributed by atoms with van der Waals surface area (Å²) in [7, 11) is -2.99. The van der Waals surface area contributed by atoms with E-state index in [4.69, 9.17) is 11.6 Å². The first-order valence-electron chi connectivity index (χ1n) is 6.54. The van der Waals surface area contributed by atoms with E-state index in [2.05, 4.69) is 10.6 Å². The molecule has 1 atom stereocenters. The molecule has 1 aromatic rings. The molecule has 1 saturated heterocycles. The third kappa shape index (κ3) is 4.86. The van der Waals surface area contributed by atoms with Crippen molar-refractivity contribution in [2.75, 3.05) is 23.4 Å². The zero-order valence-electron chi connectivity index (χ0n) is 11.2. The Balaban J connectivity index is 1.73. The summed E-state index contributed by atoms with van der Waals surface area (Å²) >= 11 is 5.64. The van der Waals surface area contributed by atoms with E-state index in [0.717, 1.165) is 0 Å². The van der Waals surface area contributed by atoms with E-state index in [1.807, 2.05) is 0 Å². The number of carbonyl (C=O) groups excluding carboxylic acids is 1. The van der Waals surface area contributed by atoms with Crippen molar-refractivity contribution < 1.29 is 17.6 Å². The van der Waals surface area contributed by atoms with Gasteiger partial charge in [0.2, 0.25) is 5.91 Å². The molecule has 0 aliphatic carbocycles. The van der Waals surface area contributed by atoms with E-state index in [0.29, 0.717) is 18.7 Å². The highest BCUT2D eigenvalue weighted by Gasteiger charge is 2.28. The third-order valence-electron chi connectivity index (χ3n) is 3.20. The zero-order chi connectivity index (χ0) is 15.5. The van der Waals surface area contributed by atoms with Gasteiger partial charge in [-0.25, -0.2) is 12.8 Å². The standard InChI is InChI=1S/C13H16ClFN2O3S/c14-11-7-9(1-2-12(11)15)16-5-3-13(18)17-10-4-6-21(19,20)8-10/h1-2,7,10,16H,3-6,8H2,(H,17,18). The normalized spacial score (nSPS) is 20.2. The molecular formula is C13H16ClFN2O3S. The Hall–Kier alpha value is -1.34. The number of halogens is 2. The van der Waals surface area contributed by atoms with Crippen molar-refractivity contribution in [3.63, 3.8) is 0 Å². The highest BCUT2D eigenvalue weighted by molar-refractivity contribution is 7.91. The van der Waals surface area contributed by atoms with Crippen LogP contribution in [0.15, 0.2) is 18.2 Å². The first-order chi connectivity index (χ1) is 9.85. The smallest absolute Gasteiger partial charge is 0.222 e. The predicted molar refractivity (Wildman–Crippen MR) is 79.7 cm³/mol. The maximum Gasteiger partial charge on any atom is 0.222 e. The van der Waals surface area contributed by atoms with Crippen LogP contribution in [0.2, 0.25) is 5.02 Å². The quantitative estimate of drug-likeness (QED) is 0.857. The molecule has 21 heavy (non-hydrogen) atoms. The second-order valence-corrected chi connectivity index (χ2v) is 7.61. The zero-order valence-corrected chi connectivity index (χ0v) is 12.8. The summed E-state index contributed by atoms with van der Waals surface area (Å²) in [5, 5.41) is 5.67. The molecule has 8 heteroatoms. The molecule has 1 unspecified atom stereocenters. The number of amides is 1. The van der Waals surface area contributed by atoms with Crippen LogP contribution in [0.1, 0.15) is 12.8 Å². The summed E-state index contributed by atoms with van der Waals surface area (Å²) in [6.07, 6.45) is 0.667. The lowest BCUT2D eigenvalue weighted by atomic mass is 10.2. The van der Waals surface area contributed by atoms with Crippen LogP contribution in [0.25, 0.3) is 0 Å². The fourth-order valence-corrected chi connectivity index (χ4v) is 3.99. The van der Waals surface area contributed by atoms with Gasteiger partial charge in [-0.1, -0.05) is 11.6 Å². The molecule has 1 aliphatic heterocycles. The monoisotopic (exact) mass is 334 g/mol. The molecule has 5 nitrogen and oxygen atoms in total. The van der Waals surface area contributed by atoms with Gasteiger partial charge in [0.25, 0.3) is 0 Å². The van der Waals surface area contributed by atoms with Gasteiger partial charge in [-0.05, 0) is 24.6 Å². The minimum atomic E-state index is -2.99. The topological polar surface area (TPSA) is 75.3 Å². The van der Waals surface area contributed by atoms with Crippen LogP contribution in [0.5, 0.6) is 0 Å². The number of sulfone groups is 1. The van der Waals surface area contributed by atoms with E-state index >= 15 is 0 Å².